The molecule has 0 radical (unpaired) electrons. The van der Waals surface area contributed by atoms with Crippen LogP contribution in [0.5, 0.6) is 11.5 Å². The minimum Gasteiger partial charge on any atom is -0.493 e. The van der Waals surface area contributed by atoms with Gasteiger partial charge < -0.3 is 9.47 Å². The van der Waals surface area contributed by atoms with Crippen LogP contribution >= 0.6 is 46.6 Å². The third-order valence-electron chi connectivity index (χ3n) is 4.95. The number of methoxy groups -OCH3 is 1. The molecule has 0 bridgehead atoms. The van der Waals surface area contributed by atoms with Gasteiger partial charge in [0.1, 0.15) is 12.4 Å². The lowest BCUT2D eigenvalue weighted by Gasteiger charge is -2.15. The summed E-state index contributed by atoms with van der Waals surface area (Å²) in [7, 11) is 1.53. The Labute approximate surface area is 219 Å². The molecule has 0 saturated carbocycles. The molecule has 0 aromatic heterocycles. The second kappa shape index (κ2) is 10.5. The Morgan fingerprint density at radius 2 is 1.94 bits per heavy atom. The van der Waals surface area contributed by atoms with Crippen molar-refractivity contribution in [2.24, 2.45) is 0 Å². The molecule has 5 nitrogen and oxygen atoms in total. The minimum atomic E-state index is -0.518. The van der Waals surface area contributed by atoms with Gasteiger partial charge in [0.25, 0.3) is 5.91 Å². The number of nitriles is 1. The molecule has 9 heteroatoms. The van der Waals surface area contributed by atoms with Gasteiger partial charge >= 0.3 is 0 Å². The van der Waals surface area contributed by atoms with E-state index in [-0.39, 0.29) is 22.5 Å². The molecule has 3 aromatic carbocycles. The lowest BCUT2D eigenvalue weighted by atomic mass is 10.1. The van der Waals surface area contributed by atoms with Crippen molar-refractivity contribution in [2.75, 3.05) is 12.0 Å². The first-order chi connectivity index (χ1) is 16.4. The van der Waals surface area contributed by atoms with Gasteiger partial charge in [-0.3, -0.25) is 9.69 Å². The van der Waals surface area contributed by atoms with Gasteiger partial charge in [0, 0.05) is 5.56 Å². The molecule has 1 fully saturated rings. The maximum Gasteiger partial charge on any atom is 0.270 e. The van der Waals surface area contributed by atoms with Gasteiger partial charge in [0.05, 0.1) is 32.9 Å². The van der Waals surface area contributed by atoms with Crippen LogP contribution in [0.4, 0.5) is 10.1 Å². The smallest absolute Gasteiger partial charge is 0.270 e. The summed E-state index contributed by atoms with van der Waals surface area (Å²) in [5.41, 5.74) is 2.15. The molecule has 1 heterocycles. The van der Waals surface area contributed by atoms with E-state index in [0.29, 0.717) is 27.5 Å². The van der Waals surface area contributed by atoms with Crippen LogP contribution in [-0.4, -0.2) is 17.3 Å². The van der Waals surface area contributed by atoms with Gasteiger partial charge in [-0.1, -0.05) is 54.3 Å². The molecule has 4 rings (SSSR count). The molecule has 0 spiro atoms. The number of amides is 1. The number of thioether (sulfide) groups is 1. The summed E-state index contributed by atoms with van der Waals surface area (Å²) in [6.07, 6.45) is 1.69. The van der Waals surface area contributed by atoms with E-state index in [1.165, 1.54) is 24.1 Å². The highest BCUT2D eigenvalue weighted by Crippen LogP contribution is 2.39. The Kier molecular flexibility index (Phi) is 7.50. The fraction of sp³-hybridized carbons (Fsp3) is 0.0800. The summed E-state index contributed by atoms with van der Waals surface area (Å²) >= 11 is 8.59. The van der Waals surface area contributed by atoms with E-state index in [4.69, 9.17) is 21.7 Å². The van der Waals surface area contributed by atoms with Crippen molar-refractivity contribution >= 4 is 68.6 Å². The van der Waals surface area contributed by atoms with Crippen molar-refractivity contribution in [1.29, 1.82) is 5.26 Å². The molecule has 1 amide bonds. The van der Waals surface area contributed by atoms with Gasteiger partial charge in [-0.2, -0.15) is 5.26 Å². The van der Waals surface area contributed by atoms with E-state index < -0.39 is 5.82 Å². The number of thiocarbonyl (C=S) groups is 1. The molecule has 3 aromatic rings. The average Bonchev–Trinajstić information content (AvgIpc) is 3.11. The first-order valence-electron chi connectivity index (χ1n) is 9.93. The fourth-order valence-electron chi connectivity index (χ4n) is 3.33. The van der Waals surface area contributed by atoms with Crippen LogP contribution in [0.1, 0.15) is 16.7 Å². The molecular weight excluding hydrogens is 586 g/mol. The van der Waals surface area contributed by atoms with Gasteiger partial charge in [-0.15, -0.1) is 0 Å². The molecular formula is C25H16FIN2O3S2. The Balaban J connectivity index is 1.60. The van der Waals surface area contributed by atoms with E-state index in [1.54, 1.807) is 36.4 Å². The van der Waals surface area contributed by atoms with Crippen LogP contribution in [0.2, 0.25) is 0 Å². The van der Waals surface area contributed by atoms with Gasteiger partial charge in [-0.05, 0) is 64.6 Å². The number of rotatable bonds is 6. The molecule has 0 unspecified atom stereocenters. The van der Waals surface area contributed by atoms with Crippen LogP contribution in [0.3, 0.4) is 0 Å². The summed E-state index contributed by atoms with van der Waals surface area (Å²) in [4.78, 5) is 14.6. The van der Waals surface area contributed by atoms with E-state index >= 15 is 0 Å². The highest BCUT2D eigenvalue weighted by molar-refractivity contribution is 14.1. The Morgan fingerprint density at radius 1 is 1.21 bits per heavy atom. The van der Waals surface area contributed by atoms with E-state index in [2.05, 4.69) is 28.7 Å². The van der Waals surface area contributed by atoms with Crippen LogP contribution in [0.15, 0.2) is 65.6 Å². The summed E-state index contributed by atoms with van der Waals surface area (Å²) in [5.74, 6) is 0.113. The number of hydrogen-bond donors (Lipinski definition) is 0. The highest BCUT2D eigenvalue weighted by atomic mass is 127. The summed E-state index contributed by atoms with van der Waals surface area (Å²) in [5, 5.41) is 9.29. The summed E-state index contributed by atoms with van der Waals surface area (Å²) in [6, 6.07) is 19.0. The number of carbonyl (C=O) groups excluding carboxylic acids is 1. The monoisotopic (exact) mass is 602 g/mol. The lowest BCUT2D eigenvalue weighted by molar-refractivity contribution is -0.113. The minimum absolute atomic E-state index is 0.127. The molecule has 1 aliphatic heterocycles. The normalized spacial score (nSPS) is 14.4. The van der Waals surface area contributed by atoms with Crippen molar-refractivity contribution in [2.45, 2.75) is 6.61 Å². The molecule has 0 N–H and O–H groups in total. The summed E-state index contributed by atoms with van der Waals surface area (Å²) in [6.45, 7) is 0.205. The zero-order valence-electron chi connectivity index (χ0n) is 17.7. The molecule has 1 aliphatic rings. The summed E-state index contributed by atoms with van der Waals surface area (Å²) < 4.78 is 26.8. The zero-order chi connectivity index (χ0) is 24.2. The lowest BCUT2D eigenvalue weighted by Crippen LogP contribution is -2.28. The van der Waals surface area contributed by atoms with Crippen LogP contribution in [0.25, 0.3) is 6.08 Å². The van der Waals surface area contributed by atoms with Gasteiger partial charge in [0.15, 0.2) is 15.8 Å². The van der Waals surface area contributed by atoms with E-state index in [1.807, 2.05) is 18.2 Å². The van der Waals surface area contributed by atoms with Crippen LogP contribution in [0, 0.1) is 20.7 Å². The number of carbonyl (C=O) groups is 1. The van der Waals surface area contributed by atoms with Crippen LogP contribution in [-0.2, 0) is 11.4 Å². The SMILES string of the molecule is COc1cc(/C=C2\SC(=S)N(c3ccccc3F)C2=O)cc(I)c1OCc1ccccc1C#N. The predicted octanol–water partition coefficient (Wildman–Crippen LogP) is 6.30. The standard InChI is InChI=1S/C25H16FIN2O3S2/c1-31-21-11-15(10-19(27)23(21)32-14-17-7-3-2-6-16(17)13-28)12-22-24(30)29(25(33)34-22)20-9-5-4-8-18(20)26/h2-12H,14H2,1H3/b22-12-. The predicted molar refractivity (Wildman–Crippen MR) is 143 cm³/mol. The molecule has 170 valence electrons. The quantitative estimate of drug-likeness (QED) is 0.188. The van der Waals surface area contributed by atoms with Gasteiger partial charge in [-0.25, -0.2) is 4.39 Å². The van der Waals surface area contributed by atoms with Crippen LogP contribution < -0.4 is 14.4 Å². The number of benzene rings is 3. The Bertz CT molecular complexity index is 1370. The van der Waals surface area contributed by atoms with Crippen molar-refractivity contribution in [3.63, 3.8) is 0 Å². The highest BCUT2D eigenvalue weighted by Gasteiger charge is 2.34. The first-order valence-corrected chi connectivity index (χ1v) is 12.2. The van der Waals surface area contributed by atoms with Crippen molar-refractivity contribution < 1.29 is 18.7 Å². The fourth-order valence-corrected chi connectivity index (χ4v) is 5.39. The van der Waals surface area contributed by atoms with Crippen molar-refractivity contribution in [1.82, 2.24) is 0 Å². The van der Waals surface area contributed by atoms with Crippen molar-refractivity contribution in [3.8, 4) is 17.6 Å². The third-order valence-corrected chi connectivity index (χ3v) is 7.05. The number of anilines is 1. The molecule has 34 heavy (non-hydrogen) atoms. The maximum absolute atomic E-state index is 14.2. The largest absolute Gasteiger partial charge is 0.493 e. The number of para-hydroxylation sites is 1. The average molecular weight is 602 g/mol. The molecule has 0 aliphatic carbocycles. The van der Waals surface area contributed by atoms with Crippen molar-refractivity contribution in [3.05, 3.63) is 91.6 Å². The topological polar surface area (TPSA) is 62.6 Å². The van der Waals surface area contributed by atoms with Gasteiger partial charge in [0.2, 0.25) is 0 Å². The van der Waals surface area contributed by atoms with E-state index in [9.17, 15) is 14.4 Å². The Morgan fingerprint density at radius 3 is 2.68 bits per heavy atom. The first kappa shape index (κ1) is 24.2. The second-order valence-corrected chi connectivity index (χ2v) is 9.90. The second-order valence-electron chi connectivity index (χ2n) is 7.06. The Hall–Kier alpha value is -2.94. The maximum atomic E-state index is 14.2. The number of ether oxygens (including phenoxy) is 2. The number of halogens is 2. The van der Waals surface area contributed by atoms with E-state index in [0.717, 1.165) is 20.9 Å². The zero-order valence-corrected chi connectivity index (χ0v) is 21.5. The molecule has 1 saturated heterocycles. The molecule has 0 atom stereocenters. The third kappa shape index (κ3) is 4.94. The number of nitrogens with zero attached hydrogens (tertiary/aromatic N) is 2. The number of hydrogen-bond acceptors (Lipinski definition) is 6.